The van der Waals surface area contributed by atoms with E-state index in [4.69, 9.17) is 15.9 Å². The van der Waals surface area contributed by atoms with Crippen LogP contribution in [0.3, 0.4) is 0 Å². The number of likely N-dealkylation sites (tertiary alicyclic amines) is 2. The van der Waals surface area contributed by atoms with E-state index in [1.165, 1.54) is 37.7 Å². The summed E-state index contributed by atoms with van der Waals surface area (Å²) in [6, 6.07) is 26.4. The van der Waals surface area contributed by atoms with Gasteiger partial charge in [-0.1, -0.05) is 90.8 Å². The molecule has 2 heterocycles. The third kappa shape index (κ3) is 23.9. The number of alkyl halides is 6. The van der Waals surface area contributed by atoms with Crippen LogP contribution in [0.5, 0.6) is 0 Å². The summed E-state index contributed by atoms with van der Waals surface area (Å²) in [5.74, 6) is -3.59. The monoisotopic (exact) mass is 1410 g/mol. The minimum absolute atomic E-state index is 0.0563. The van der Waals surface area contributed by atoms with Gasteiger partial charge in [0.25, 0.3) is 0 Å². The molecule has 18 nitrogen and oxygen atoms in total. The van der Waals surface area contributed by atoms with Crippen molar-refractivity contribution in [2.75, 3.05) is 53.4 Å². The number of rotatable bonds is 22. The summed E-state index contributed by atoms with van der Waals surface area (Å²) in [5, 5.41) is 5.54. The zero-order valence-electron chi connectivity index (χ0n) is 54.2. The highest BCUT2D eigenvalue weighted by molar-refractivity contribution is 14.1. The number of carbonyl (C=O) groups is 8. The van der Waals surface area contributed by atoms with Gasteiger partial charge in [-0.3, -0.25) is 38.6 Å². The van der Waals surface area contributed by atoms with E-state index in [1.54, 1.807) is 126 Å². The second kappa shape index (κ2) is 33.8. The van der Waals surface area contributed by atoms with Crippen LogP contribution < -0.4 is 10.6 Å². The maximum atomic E-state index is 14.1. The molecule has 0 aromatic heterocycles. The zero-order chi connectivity index (χ0) is 69.2. The molecule has 2 saturated heterocycles. The summed E-state index contributed by atoms with van der Waals surface area (Å²) < 4.78 is 93.5. The second-order valence-electron chi connectivity index (χ2n) is 25.2. The average molecular weight is 1420 g/mol. The van der Waals surface area contributed by atoms with Crippen LogP contribution >= 0.6 is 22.6 Å². The van der Waals surface area contributed by atoms with E-state index < -0.39 is 107 Å². The van der Waals surface area contributed by atoms with Crippen LogP contribution in [-0.4, -0.2) is 190 Å². The van der Waals surface area contributed by atoms with E-state index in [-0.39, 0.29) is 65.0 Å². The first-order valence-electron chi connectivity index (χ1n) is 30.7. The Morgan fingerprint density at radius 1 is 0.559 bits per heavy atom. The summed E-state index contributed by atoms with van der Waals surface area (Å²) in [7, 11) is 2.83. The van der Waals surface area contributed by atoms with Crippen LogP contribution in [0.2, 0.25) is 0 Å². The number of nitrogens with zero attached hydrogens (tertiary/aromatic N) is 6. The summed E-state index contributed by atoms with van der Waals surface area (Å²) in [6.45, 7) is 12.8. The van der Waals surface area contributed by atoms with E-state index >= 15 is 0 Å². The number of hydrogen-bond donors (Lipinski definition) is 2. The first-order valence-corrected chi connectivity index (χ1v) is 31.8. The minimum atomic E-state index is -5.08. The molecule has 2 N–H and O–H groups in total. The van der Waals surface area contributed by atoms with Crippen molar-refractivity contribution in [1.29, 1.82) is 0 Å². The van der Waals surface area contributed by atoms with Gasteiger partial charge in [-0.05, 0) is 163 Å². The molecule has 8 amide bonds. The Hall–Kier alpha value is -7.89. The Morgan fingerprint density at radius 2 is 0.903 bits per heavy atom. The molecule has 0 bridgehead atoms. The van der Waals surface area contributed by atoms with Gasteiger partial charge < -0.3 is 39.7 Å². The molecule has 506 valence electrons. The number of amides is 8. The molecule has 2 fully saturated rings. The number of terminal acetylenes is 1. The highest BCUT2D eigenvalue weighted by Gasteiger charge is 2.46. The van der Waals surface area contributed by atoms with Gasteiger partial charge in [0.2, 0.25) is 23.6 Å². The lowest BCUT2D eigenvalue weighted by atomic mass is 10.0. The van der Waals surface area contributed by atoms with Crippen molar-refractivity contribution in [3.8, 4) is 12.3 Å². The standard InChI is InChI=1S/C35H43F3N4O5.C33H42F3IN4O5/c1-7-25-15-17-27(18-16-25)22-29(39-30(43)24(2)40(6)33(46)47-34(3,4)5)31(44)42-20-11-14-28(42)23-41(32(45)35(36,37)38)21-19-26-12-9-8-10-13-26;1-22(39(5)31(45)46-32(2,3)4)28(42)38-27(20-24-13-15-25(37)16-14-24)29(43)41-18-9-12-26(41)21-40(30(44)33(34,35)36)19-17-23-10-7-6-8-11-23/h1,8-10,12-13,15-18,24,28-29H,11,14,19-23H2,2-6H3,(H,39,43);6-8,10-11,13-16,22,26-27H,9,12,17-21H2,1-5H3,(H,38,42)/t24-,28-,29-;22-,26-,27-/m00/s1. The Morgan fingerprint density at radius 3 is 1.23 bits per heavy atom. The molecule has 0 aliphatic carbocycles. The molecule has 4 aromatic carbocycles. The molecule has 0 unspecified atom stereocenters. The van der Waals surface area contributed by atoms with Crippen LogP contribution in [0.15, 0.2) is 109 Å². The molecule has 0 spiro atoms. The molecule has 93 heavy (non-hydrogen) atoms. The predicted octanol–water partition coefficient (Wildman–Crippen LogP) is 9.77. The predicted molar refractivity (Wildman–Crippen MR) is 347 cm³/mol. The van der Waals surface area contributed by atoms with Crippen LogP contribution in [0.4, 0.5) is 35.9 Å². The van der Waals surface area contributed by atoms with E-state index in [2.05, 4.69) is 39.1 Å². The van der Waals surface area contributed by atoms with Gasteiger partial charge in [0.1, 0.15) is 35.4 Å². The number of halogens is 7. The first-order chi connectivity index (χ1) is 43.5. The fourth-order valence-electron chi connectivity index (χ4n) is 10.4. The molecular formula is C68H85F6IN8O10. The largest absolute Gasteiger partial charge is 0.471 e. The van der Waals surface area contributed by atoms with Gasteiger partial charge in [-0.15, -0.1) is 6.42 Å². The van der Waals surface area contributed by atoms with Crippen LogP contribution in [0, 0.1) is 15.9 Å². The number of hydrogen-bond acceptors (Lipinski definition) is 10. The summed E-state index contributed by atoms with van der Waals surface area (Å²) in [6.07, 6.45) is -3.68. The van der Waals surface area contributed by atoms with Gasteiger partial charge in [0, 0.05) is 87.4 Å². The Balaban J connectivity index is 0.000000337. The molecule has 6 rings (SSSR count). The number of carbonyl (C=O) groups excluding carboxylic acids is 8. The highest BCUT2D eigenvalue weighted by atomic mass is 127. The van der Waals surface area contributed by atoms with E-state index in [0.717, 1.165) is 39.9 Å². The van der Waals surface area contributed by atoms with Crippen molar-refractivity contribution in [3.63, 3.8) is 0 Å². The number of likely N-dealkylation sites (N-methyl/N-ethyl adjacent to an activating group) is 2. The second-order valence-corrected chi connectivity index (χ2v) is 26.4. The van der Waals surface area contributed by atoms with Crippen molar-refractivity contribution < 1.29 is 74.2 Å². The molecule has 0 saturated carbocycles. The molecule has 2 aliphatic rings. The summed E-state index contributed by atoms with van der Waals surface area (Å²) in [4.78, 5) is 112. The molecule has 2 aliphatic heterocycles. The van der Waals surface area contributed by atoms with Crippen LogP contribution in [0.1, 0.15) is 109 Å². The Labute approximate surface area is 554 Å². The summed E-state index contributed by atoms with van der Waals surface area (Å²) >= 11 is 2.15. The number of ether oxygens (including phenoxy) is 2. The van der Waals surface area contributed by atoms with Crippen LogP contribution in [0.25, 0.3) is 0 Å². The van der Waals surface area contributed by atoms with Gasteiger partial charge in [0.15, 0.2) is 0 Å². The SMILES string of the molecule is C#Cc1ccc(C[C@H](NC(=O)[C@H](C)N(C)C(=O)OC(C)(C)C)C(=O)N2CCC[C@H]2CN(CCc2ccccc2)C(=O)C(F)(F)F)cc1.C[C@@H](C(=O)N[C@@H](Cc1ccc(I)cc1)C(=O)N1CCC[C@H]1CN(CCc1ccccc1)C(=O)C(F)(F)F)N(C)C(=O)OC(C)(C)C. The zero-order valence-corrected chi connectivity index (χ0v) is 56.4. The average Bonchev–Trinajstić information content (AvgIpc) is 1.80. The lowest BCUT2D eigenvalue weighted by molar-refractivity contribution is -0.186. The fraction of sp³-hybridized carbons (Fsp3) is 0.500. The van der Waals surface area contributed by atoms with Gasteiger partial charge in [-0.2, -0.15) is 26.3 Å². The molecular weight excluding hydrogens is 1330 g/mol. The first kappa shape index (κ1) is 75.8. The van der Waals surface area contributed by atoms with Gasteiger partial charge >= 0.3 is 36.4 Å². The highest BCUT2D eigenvalue weighted by Crippen LogP contribution is 2.28. The fourth-order valence-corrected chi connectivity index (χ4v) is 10.8. The number of nitrogens with one attached hydrogen (secondary N) is 2. The lowest BCUT2D eigenvalue weighted by Gasteiger charge is -2.34. The van der Waals surface area contributed by atoms with E-state index in [9.17, 15) is 64.7 Å². The smallest absolute Gasteiger partial charge is 0.444 e. The van der Waals surface area contributed by atoms with Crippen LogP contribution in [-0.2, 0) is 63.9 Å². The Bertz CT molecular complexity index is 3210. The third-order valence-corrected chi connectivity index (χ3v) is 16.4. The van der Waals surface area contributed by atoms with Crippen molar-refractivity contribution in [2.45, 2.75) is 167 Å². The molecule has 25 heteroatoms. The third-order valence-electron chi connectivity index (χ3n) is 15.7. The minimum Gasteiger partial charge on any atom is -0.444 e. The molecule has 6 atom stereocenters. The van der Waals surface area contributed by atoms with E-state index in [1.807, 2.05) is 24.3 Å². The van der Waals surface area contributed by atoms with Crippen molar-refractivity contribution >= 4 is 70.2 Å². The summed E-state index contributed by atoms with van der Waals surface area (Å²) in [5.41, 5.74) is 2.06. The Kier molecular flexibility index (Phi) is 27.6. The van der Waals surface area contributed by atoms with Crippen molar-refractivity contribution in [1.82, 2.24) is 40.0 Å². The maximum absolute atomic E-state index is 14.1. The maximum Gasteiger partial charge on any atom is 0.471 e. The molecule has 0 radical (unpaired) electrons. The van der Waals surface area contributed by atoms with Gasteiger partial charge in [-0.25, -0.2) is 9.59 Å². The van der Waals surface area contributed by atoms with Crippen molar-refractivity contribution in [2.24, 2.45) is 0 Å². The normalized spacial score (nSPS) is 16.2. The molecule has 4 aromatic rings. The quantitative estimate of drug-likeness (QED) is 0.0434. The van der Waals surface area contributed by atoms with Crippen molar-refractivity contribution in [3.05, 3.63) is 141 Å². The topological polar surface area (TPSA) is 199 Å². The number of benzene rings is 4. The van der Waals surface area contributed by atoms with E-state index in [0.29, 0.717) is 36.8 Å². The van der Waals surface area contributed by atoms with Gasteiger partial charge in [0.05, 0.1) is 0 Å². The lowest BCUT2D eigenvalue weighted by Crippen LogP contribution is -2.57.